The van der Waals surface area contributed by atoms with Gasteiger partial charge < -0.3 is 27.4 Å². The summed E-state index contributed by atoms with van der Waals surface area (Å²) in [5, 5.41) is 13.3. The van der Waals surface area contributed by atoms with E-state index in [9.17, 15) is 9.90 Å². The van der Waals surface area contributed by atoms with Crippen molar-refractivity contribution in [1.29, 1.82) is 0 Å². The first kappa shape index (κ1) is 32.3. The van der Waals surface area contributed by atoms with E-state index in [1.54, 1.807) is 0 Å². The number of aryl methyl sites for hydroxylation is 1. The van der Waals surface area contributed by atoms with Crippen LogP contribution in [-0.4, -0.2) is 17.1 Å². The van der Waals surface area contributed by atoms with Crippen LogP contribution < -0.4 is 26.9 Å². The summed E-state index contributed by atoms with van der Waals surface area (Å²) >= 11 is 0. The first-order chi connectivity index (χ1) is 17.2. The van der Waals surface area contributed by atoms with E-state index in [1.165, 1.54) is 77.0 Å². The van der Waals surface area contributed by atoms with Crippen molar-refractivity contribution in [3.63, 3.8) is 0 Å². The number of aliphatic hydroxyl groups excluding tert-OH is 1. The smallest absolute Gasteiger partial charge is 0.220 e. The molecule has 0 saturated carbocycles. The highest BCUT2D eigenvalue weighted by atomic mass is 79.9. The normalized spacial score (nSPS) is 12.5. The quantitative estimate of drug-likeness (QED) is 0.189. The third-order valence-electron chi connectivity index (χ3n) is 6.85. The molecule has 0 aliphatic carbocycles. The monoisotopic (exact) mass is 560 g/mol. The molecule has 2 atom stereocenters. The van der Waals surface area contributed by atoms with Crippen molar-refractivity contribution in [2.75, 3.05) is 0 Å². The molecule has 0 bridgehead atoms. The van der Waals surface area contributed by atoms with Gasteiger partial charge in [-0.05, 0) is 25.3 Å². The number of aliphatic hydroxyl groups is 1. The molecule has 2 rings (SSSR count). The molecule has 1 aromatic carbocycles. The van der Waals surface area contributed by atoms with Crippen LogP contribution in [0.2, 0.25) is 0 Å². The Balaban J connectivity index is 0.00000648. The van der Waals surface area contributed by atoms with Crippen LogP contribution in [0.1, 0.15) is 115 Å². The van der Waals surface area contributed by atoms with E-state index in [4.69, 9.17) is 0 Å². The Bertz CT molecular complexity index is 773. The topological polar surface area (TPSA) is 53.2 Å². The van der Waals surface area contributed by atoms with Crippen molar-refractivity contribution in [3.8, 4) is 0 Å². The standard InChI is InChI=1S/C31H48N2O2.BrH/c1-28(31(35)29-22-16-14-17-23-29)32-30(34)24-18-12-10-8-6-4-2-3-5-7-9-11-13-19-25-33-26-20-15-21-27-33;/h14-17,20-23,26-28,31,35H,2-13,18-19,24-25H2,1H3;1H/t28-,31-;/m1./s1. The summed E-state index contributed by atoms with van der Waals surface area (Å²) in [6.45, 7) is 3.01. The van der Waals surface area contributed by atoms with Crippen LogP contribution in [0, 0.1) is 0 Å². The van der Waals surface area contributed by atoms with Gasteiger partial charge in [0.15, 0.2) is 12.4 Å². The summed E-state index contributed by atoms with van der Waals surface area (Å²) in [5.41, 5.74) is 0.842. The van der Waals surface area contributed by atoms with Gasteiger partial charge in [0.05, 0.1) is 12.1 Å². The second kappa shape index (κ2) is 21.4. The van der Waals surface area contributed by atoms with Gasteiger partial charge in [0, 0.05) is 25.0 Å². The van der Waals surface area contributed by atoms with Crippen LogP contribution >= 0.6 is 0 Å². The zero-order valence-corrected chi connectivity index (χ0v) is 24.0. The fourth-order valence-corrected chi connectivity index (χ4v) is 4.63. The molecule has 2 N–H and O–H groups in total. The average molecular weight is 562 g/mol. The number of carbonyl (C=O) groups excluding carboxylic acids is 1. The summed E-state index contributed by atoms with van der Waals surface area (Å²) in [5.74, 6) is 0.0440. The first-order valence-electron chi connectivity index (χ1n) is 14.1. The number of pyridine rings is 1. The van der Waals surface area contributed by atoms with Gasteiger partial charge in [-0.25, -0.2) is 4.57 Å². The highest BCUT2D eigenvalue weighted by Crippen LogP contribution is 2.17. The van der Waals surface area contributed by atoms with Gasteiger partial charge in [0.25, 0.3) is 0 Å². The largest absolute Gasteiger partial charge is 1.00 e. The van der Waals surface area contributed by atoms with E-state index < -0.39 is 6.10 Å². The predicted octanol–water partition coefficient (Wildman–Crippen LogP) is 4.07. The Morgan fingerprint density at radius 3 is 1.69 bits per heavy atom. The van der Waals surface area contributed by atoms with E-state index in [2.05, 4.69) is 40.5 Å². The molecule has 0 saturated heterocycles. The lowest BCUT2D eigenvalue weighted by Gasteiger charge is -2.20. The molecule has 5 heteroatoms. The summed E-state index contributed by atoms with van der Waals surface area (Å²) in [6.07, 6.45) is 22.3. The number of carbonyl (C=O) groups is 1. The molecular formula is C31H49BrN2O2. The number of halogens is 1. The van der Waals surface area contributed by atoms with E-state index in [0.29, 0.717) is 6.42 Å². The van der Waals surface area contributed by atoms with E-state index in [-0.39, 0.29) is 28.9 Å². The lowest BCUT2D eigenvalue weighted by atomic mass is 10.0. The van der Waals surface area contributed by atoms with Crippen LogP contribution in [-0.2, 0) is 11.3 Å². The Labute approximate surface area is 230 Å². The molecule has 202 valence electrons. The molecule has 0 unspecified atom stereocenters. The highest BCUT2D eigenvalue weighted by molar-refractivity contribution is 5.76. The van der Waals surface area contributed by atoms with Gasteiger partial charge in [0.2, 0.25) is 5.91 Å². The summed E-state index contributed by atoms with van der Waals surface area (Å²) in [7, 11) is 0. The summed E-state index contributed by atoms with van der Waals surface area (Å²) in [4.78, 5) is 12.2. The maximum Gasteiger partial charge on any atom is 0.220 e. The van der Waals surface area contributed by atoms with Crippen molar-refractivity contribution >= 4 is 5.91 Å². The second-order valence-corrected chi connectivity index (χ2v) is 10.0. The van der Waals surface area contributed by atoms with Crippen molar-refractivity contribution in [1.82, 2.24) is 5.32 Å². The third kappa shape index (κ3) is 15.4. The Hall–Kier alpha value is -1.72. The molecular weight excluding hydrogens is 512 g/mol. The molecule has 0 fully saturated rings. The Kier molecular flexibility index (Phi) is 19.2. The maximum absolute atomic E-state index is 12.2. The van der Waals surface area contributed by atoms with Gasteiger partial charge >= 0.3 is 0 Å². The Morgan fingerprint density at radius 1 is 0.722 bits per heavy atom. The van der Waals surface area contributed by atoms with Crippen molar-refractivity contribution in [3.05, 3.63) is 66.5 Å². The van der Waals surface area contributed by atoms with Gasteiger partial charge in [-0.2, -0.15) is 0 Å². The number of hydrogen-bond acceptors (Lipinski definition) is 2. The molecule has 2 aromatic rings. The molecule has 1 heterocycles. The van der Waals surface area contributed by atoms with Gasteiger partial charge in [0.1, 0.15) is 6.54 Å². The number of nitrogens with zero attached hydrogens (tertiary/aromatic N) is 1. The zero-order chi connectivity index (χ0) is 25.0. The number of amides is 1. The minimum absolute atomic E-state index is 0. The van der Waals surface area contributed by atoms with Crippen molar-refractivity contribution in [2.24, 2.45) is 0 Å². The summed E-state index contributed by atoms with van der Waals surface area (Å²) in [6, 6.07) is 15.5. The number of unbranched alkanes of at least 4 members (excludes halogenated alkanes) is 13. The third-order valence-corrected chi connectivity index (χ3v) is 6.85. The SMILES string of the molecule is C[C@@H](NC(=O)CCCCCCCCCCCCCCCC[n+]1ccccc1)[C@@H](O)c1ccccc1.[Br-]. The van der Waals surface area contributed by atoms with Crippen molar-refractivity contribution in [2.45, 2.75) is 122 Å². The zero-order valence-electron chi connectivity index (χ0n) is 22.4. The van der Waals surface area contributed by atoms with E-state index in [1.807, 2.05) is 37.3 Å². The molecule has 36 heavy (non-hydrogen) atoms. The van der Waals surface area contributed by atoms with E-state index in [0.717, 1.165) is 24.9 Å². The molecule has 0 radical (unpaired) electrons. The number of hydrogen-bond donors (Lipinski definition) is 2. The number of nitrogens with one attached hydrogen (secondary N) is 1. The van der Waals surface area contributed by atoms with Gasteiger partial charge in [-0.15, -0.1) is 0 Å². The van der Waals surface area contributed by atoms with E-state index >= 15 is 0 Å². The van der Waals surface area contributed by atoms with Crippen LogP contribution in [0.4, 0.5) is 0 Å². The molecule has 4 nitrogen and oxygen atoms in total. The Morgan fingerprint density at radius 2 is 1.17 bits per heavy atom. The lowest BCUT2D eigenvalue weighted by molar-refractivity contribution is -0.697. The van der Waals surface area contributed by atoms with Crippen LogP contribution in [0.15, 0.2) is 60.9 Å². The number of benzene rings is 1. The van der Waals surface area contributed by atoms with Gasteiger partial charge in [-0.3, -0.25) is 4.79 Å². The second-order valence-electron chi connectivity index (χ2n) is 10.0. The van der Waals surface area contributed by atoms with Crippen LogP contribution in [0.5, 0.6) is 0 Å². The molecule has 0 aliphatic rings. The fraction of sp³-hybridized carbons (Fsp3) is 0.613. The predicted molar refractivity (Wildman–Crippen MR) is 145 cm³/mol. The fourth-order valence-electron chi connectivity index (χ4n) is 4.63. The molecule has 0 aliphatic heterocycles. The lowest BCUT2D eigenvalue weighted by Crippen LogP contribution is -3.00. The van der Waals surface area contributed by atoms with Gasteiger partial charge in [-0.1, -0.05) is 107 Å². The highest BCUT2D eigenvalue weighted by Gasteiger charge is 2.17. The maximum atomic E-state index is 12.2. The summed E-state index contributed by atoms with van der Waals surface area (Å²) < 4.78 is 2.28. The van der Waals surface area contributed by atoms with Crippen LogP contribution in [0.25, 0.3) is 0 Å². The molecule has 1 amide bonds. The number of aromatic nitrogens is 1. The average Bonchev–Trinajstić information content (AvgIpc) is 2.89. The first-order valence-corrected chi connectivity index (χ1v) is 14.1. The minimum Gasteiger partial charge on any atom is -1.00 e. The molecule has 1 aromatic heterocycles. The minimum atomic E-state index is -0.663. The van der Waals surface area contributed by atoms with Crippen LogP contribution in [0.3, 0.4) is 0 Å². The number of rotatable bonds is 20. The molecule has 0 spiro atoms. The van der Waals surface area contributed by atoms with Crippen molar-refractivity contribution < 1.29 is 31.4 Å².